The van der Waals surface area contributed by atoms with E-state index in [1.807, 2.05) is 0 Å². The van der Waals surface area contributed by atoms with Gasteiger partial charge in [0.25, 0.3) is 6.47 Å². The maximum Gasteiger partial charge on any atom is 0.293 e. The predicted octanol–water partition coefficient (Wildman–Crippen LogP) is -0.465. The minimum atomic E-state index is -0.310. The molecule has 0 radical (unpaired) electrons. The lowest BCUT2D eigenvalue weighted by Crippen LogP contribution is -2.21. The van der Waals surface area contributed by atoms with Crippen LogP contribution in [0.1, 0.15) is 5.82 Å². The average Bonchev–Trinajstić information content (AvgIpc) is 2.58. The Balaban J connectivity index is 2.42. The molecule has 0 fully saturated rings. The van der Waals surface area contributed by atoms with E-state index in [1.165, 1.54) is 6.33 Å². The van der Waals surface area contributed by atoms with Gasteiger partial charge in [0, 0.05) is 13.5 Å². The van der Waals surface area contributed by atoms with Gasteiger partial charge in [-0.05, 0) is 0 Å². The van der Waals surface area contributed by atoms with E-state index < -0.39 is 0 Å². The van der Waals surface area contributed by atoms with Gasteiger partial charge in [0.05, 0.1) is 6.61 Å². The molecule has 1 aromatic rings. The Kier molecular flexibility index (Phi) is 3.90. The summed E-state index contributed by atoms with van der Waals surface area (Å²) in [5, 5.41) is 6.35. The van der Waals surface area contributed by atoms with Crippen LogP contribution in [0.3, 0.4) is 0 Å². The number of aromatic amines is 1. The molecule has 0 spiro atoms. The van der Waals surface area contributed by atoms with Gasteiger partial charge in [0.1, 0.15) is 18.3 Å². The number of aromatic nitrogens is 3. The summed E-state index contributed by atoms with van der Waals surface area (Å²) in [6, 6.07) is 0. The lowest BCUT2D eigenvalue weighted by molar-refractivity contribution is -0.135. The first-order valence-electron chi connectivity index (χ1n) is 3.79. The molecule has 6 nitrogen and oxygen atoms in total. The summed E-state index contributed by atoms with van der Waals surface area (Å²) in [4.78, 5) is 14.0. The van der Waals surface area contributed by atoms with Crippen molar-refractivity contribution >= 4 is 6.47 Å². The van der Waals surface area contributed by atoms with E-state index in [2.05, 4.69) is 15.2 Å². The van der Waals surface area contributed by atoms with Crippen LogP contribution in [0.15, 0.2) is 6.33 Å². The van der Waals surface area contributed by atoms with Crippen molar-refractivity contribution in [1.82, 2.24) is 15.2 Å². The number of hydrogen-bond donors (Lipinski definition) is 1. The number of carbonyl (C=O) groups is 1. The quantitative estimate of drug-likeness (QED) is 0.606. The summed E-state index contributed by atoms with van der Waals surface area (Å²) in [5.41, 5.74) is 0. The van der Waals surface area contributed by atoms with Crippen LogP contribution in [0.25, 0.3) is 0 Å². The van der Waals surface area contributed by atoms with Crippen molar-refractivity contribution in [2.45, 2.75) is 12.5 Å². The van der Waals surface area contributed by atoms with Crippen LogP contribution in [0, 0.1) is 0 Å². The van der Waals surface area contributed by atoms with Crippen LogP contribution in [0.4, 0.5) is 0 Å². The summed E-state index contributed by atoms with van der Waals surface area (Å²) in [7, 11) is 1.54. The van der Waals surface area contributed by atoms with Crippen LogP contribution in [-0.4, -0.2) is 41.5 Å². The molecule has 0 saturated heterocycles. The van der Waals surface area contributed by atoms with Gasteiger partial charge in [-0.1, -0.05) is 0 Å². The number of methoxy groups -OCH3 is 1. The summed E-state index contributed by atoms with van der Waals surface area (Å²) in [6.45, 7) is 0.749. The second-order valence-corrected chi connectivity index (χ2v) is 2.45. The van der Waals surface area contributed by atoms with Crippen molar-refractivity contribution in [3.05, 3.63) is 12.2 Å². The number of hydrogen-bond acceptors (Lipinski definition) is 5. The largest absolute Gasteiger partial charge is 0.462 e. The van der Waals surface area contributed by atoms with Gasteiger partial charge < -0.3 is 9.47 Å². The molecule has 1 heterocycles. The van der Waals surface area contributed by atoms with Gasteiger partial charge in [-0.25, -0.2) is 4.98 Å². The molecule has 0 bridgehead atoms. The van der Waals surface area contributed by atoms with Gasteiger partial charge >= 0.3 is 0 Å². The zero-order chi connectivity index (χ0) is 9.52. The minimum Gasteiger partial charge on any atom is -0.462 e. The SMILES string of the molecule is COCC(Cc1ncn[nH]1)OC=O. The Bertz CT molecular complexity index is 237. The van der Waals surface area contributed by atoms with Gasteiger partial charge in [-0.3, -0.25) is 9.89 Å². The fourth-order valence-corrected chi connectivity index (χ4v) is 0.956. The fraction of sp³-hybridized carbons (Fsp3) is 0.571. The Hall–Kier alpha value is -1.43. The third-order valence-electron chi connectivity index (χ3n) is 1.49. The molecular formula is C7H11N3O3. The molecule has 72 valence electrons. The van der Waals surface area contributed by atoms with Crippen LogP contribution in [-0.2, 0) is 20.7 Å². The summed E-state index contributed by atoms with van der Waals surface area (Å²) in [5.74, 6) is 0.670. The van der Waals surface area contributed by atoms with Crippen molar-refractivity contribution in [2.75, 3.05) is 13.7 Å². The van der Waals surface area contributed by atoms with Crippen LogP contribution in [0.2, 0.25) is 0 Å². The molecule has 1 N–H and O–H groups in total. The molecule has 1 atom stereocenters. The lowest BCUT2D eigenvalue weighted by atomic mass is 10.2. The number of nitrogens with one attached hydrogen (secondary N) is 1. The van der Waals surface area contributed by atoms with Crippen molar-refractivity contribution in [2.24, 2.45) is 0 Å². The Morgan fingerprint density at radius 3 is 3.15 bits per heavy atom. The van der Waals surface area contributed by atoms with E-state index in [1.54, 1.807) is 7.11 Å². The van der Waals surface area contributed by atoms with Crippen LogP contribution >= 0.6 is 0 Å². The smallest absolute Gasteiger partial charge is 0.293 e. The van der Waals surface area contributed by atoms with Crippen molar-refractivity contribution in [3.63, 3.8) is 0 Å². The molecular weight excluding hydrogens is 174 g/mol. The summed E-state index contributed by atoms with van der Waals surface area (Å²) < 4.78 is 9.62. The van der Waals surface area contributed by atoms with Crippen molar-refractivity contribution in [1.29, 1.82) is 0 Å². The van der Waals surface area contributed by atoms with Gasteiger partial charge in [0.2, 0.25) is 0 Å². The molecule has 1 aromatic heterocycles. The Morgan fingerprint density at radius 1 is 1.77 bits per heavy atom. The highest BCUT2D eigenvalue weighted by Gasteiger charge is 2.11. The molecule has 0 saturated carbocycles. The Labute approximate surface area is 75.3 Å². The van der Waals surface area contributed by atoms with Gasteiger partial charge in [0.15, 0.2) is 0 Å². The molecule has 1 rings (SSSR count). The zero-order valence-electron chi connectivity index (χ0n) is 7.27. The standard InChI is InChI=1S/C7H11N3O3/c1-12-3-6(13-5-11)2-7-8-4-9-10-7/h4-6H,2-3H2,1H3,(H,8,9,10). The number of nitrogens with zero attached hydrogens (tertiary/aromatic N) is 2. The first-order valence-corrected chi connectivity index (χ1v) is 3.79. The van der Waals surface area contributed by atoms with E-state index in [4.69, 9.17) is 9.47 Å². The zero-order valence-corrected chi connectivity index (χ0v) is 7.27. The lowest BCUT2D eigenvalue weighted by Gasteiger charge is -2.11. The molecule has 0 aromatic carbocycles. The second kappa shape index (κ2) is 5.26. The van der Waals surface area contributed by atoms with Crippen molar-refractivity contribution in [3.8, 4) is 0 Å². The highest BCUT2D eigenvalue weighted by molar-refractivity contribution is 5.37. The highest BCUT2D eigenvalue weighted by Crippen LogP contribution is 1.99. The van der Waals surface area contributed by atoms with E-state index in [0.29, 0.717) is 25.3 Å². The fourth-order valence-electron chi connectivity index (χ4n) is 0.956. The molecule has 0 aliphatic rings. The normalized spacial score (nSPS) is 12.4. The molecule has 13 heavy (non-hydrogen) atoms. The first kappa shape index (κ1) is 9.66. The van der Waals surface area contributed by atoms with E-state index in [0.717, 1.165) is 0 Å². The maximum atomic E-state index is 10.1. The third-order valence-corrected chi connectivity index (χ3v) is 1.49. The second-order valence-electron chi connectivity index (χ2n) is 2.45. The Morgan fingerprint density at radius 2 is 2.62 bits per heavy atom. The molecule has 0 aliphatic carbocycles. The number of H-pyrrole nitrogens is 1. The van der Waals surface area contributed by atoms with E-state index in [9.17, 15) is 4.79 Å². The summed E-state index contributed by atoms with van der Waals surface area (Å²) >= 11 is 0. The molecule has 6 heteroatoms. The summed E-state index contributed by atoms with van der Waals surface area (Å²) in [6.07, 6.45) is 1.57. The van der Waals surface area contributed by atoms with Gasteiger partial charge in [-0.15, -0.1) is 0 Å². The molecule has 1 unspecified atom stereocenters. The van der Waals surface area contributed by atoms with Crippen LogP contribution < -0.4 is 0 Å². The average molecular weight is 185 g/mol. The van der Waals surface area contributed by atoms with E-state index in [-0.39, 0.29) is 6.10 Å². The number of ether oxygens (including phenoxy) is 2. The van der Waals surface area contributed by atoms with Crippen molar-refractivity contribution < 1.29 is 14.3 Å². The third kappa shape index (κ3) is 3.20. The predicted molar refractivity (Wildman–Crippen MR) is 42.9 cm³/mol. The molecule has 0 aliphatic heterocycles. The van der Waals surface area contributed by atoms with Gasteiger partial charge in [-0.2, -0.15) is 5.10 Å². The van der Waals surface area contributed by atoms with Crippen LogP contribution in [0.5, 0.6) is 0 Å². The number of rotatable bonds is 6. The minimum absolute atomic E-state index is 0.310. The van der Waals surface area contributed by atoms with E-state index >= 15 is 0 Å². The first-order chi connectivity index (χ1) is 6.36. The highest BCUT2D eigenvalue weighted by atomic mass is 16.6. The molecule has 0 amide bonds. The maximum absolute atomic E-state index is 10.1. The monoisotopic (exact) mass is 185 g/mol. The number of carbonyl (C=O) groups excluding carboxylic acids is 1. The topological polar surface area (TPSA) is 77.1 Å².